The van der Waals surface area contributed by atoms with Gasteiger partial charge in [-0.25, -0.2) is 0 Å². The third kappa shape index (κ3) is 3.34. The highest BCUT2D eigenvalue weighted by molar-refractivity contribution is 6.36. The van der Waals surface area contributed by atoms with E-state index in [1.54, 1.807) is 36.5 Å². The van der Waals surface area contributed by atoms with Gasteiger partial charge in [-0.2, -0.15) is 0 Å². The van der Waals surface area contributed by atoms with Gasteiger partial charge in [-0.1, -0.05) is 23.2 Å². The van der Waals surface area contributed by atoms with Gasteiger partial charge in [0.25, 0.3) is 5.91 Å². The van der Waals surface area contributed by atoms with Gasteiger partial charge in [-0.15, -0.1) is 0 Å². The Bertz CT molecular complexity index is 700. The molecule has 0 spiro atoms. The number of aromatic nitrogens is 1. The summed E-state index contributed by atoms with van der Waals surface area (Å²) < 4.78 is 0. The minimum absolute atomic E-state index is 0.0247. The monoisotopic (exact) mass is 335 g/mol. The summed E-state index contributed by atoms with van der Waals surface area (Å²) in [6, 6.07) is 8.76. The van der Waals surface area contributed by atoms with Crippen molar-refractivity contribution in [2.75, 3.05) is 18.4 Å². The van der Waals surface area contributed by atoms with E-state index in [-0.39, 0.29) is 5.91 Å². The van der Waals surface area contributed by atoms with Gasteiger partial charge in [0, 0.05) is 30.0 Å². The van der Waals surface area contributed by atoms with Crippen LogP contribution in [0.25, 0.3) is 0 Å². The number of nitrogens with one attached hydrogen (secondary N) is 1. The summed E-state index contributed by atoms with van der Waals surface area (Å²) in [6.45, 7) is 1.61. The molecule has 0 bridgehead atoms. The molecule has 1 aromatic heterocycles. The predicted octanol–water partition coefficient (Wildman–Crippen LogP) is 4.37. The van der Waals surface area contributed by atoms with Crippen LogP contribution in [-0.4, -0.2) is 28.9 Å². The number of hydrogen-bond acceptors (Lipinski definition) is 3. The van der Waals surface area contributed by atoms with E-state index in [9.17, 15) is 4.79 Å². The highest BCUT2D eigenvalue weighted by Crippen LogP contribution is 2.28. The van der Waals surface area contributed by atoms with Gasteiger partial charge in [-0.3, -0.25) is 9.78 Å². The number of carbonyl (C=O) groups is 1. The van der Waals surface area contributed by atoms with Crippen molar-refractivity contribution in [1.29, 1.82) is 0 Å². The first-order chi connectivity index (χ1) is 10.6. The lowest BCUT2D eigenvalue weighted by molar-refractivity contribution is 0.0787. The molecule has 2 aromatic rings. The van der Waals surface area contributed by atoms with E-state index >= 15 is 0 Å². The van der Waals surface area contributed by atoms with Crippen LogP contribution in [0.4, 0.5) is 11.4 Å². The van der Waals surface area contributed by atoms with Gasteiger partial charge >= 0.3 is 0 Å². The molecule has 1 aromatic carbocycles. The SMILES string of the molecule is O=C(c1cc(Nc2ccc(Cl)cc2Cl)ccn1)N1CCCC1. The molecule has 4 nitrogen and oxygen atoms in total. The normalized spacial score (nSPS) is 14.2. The maximum atomic E-state index is 12.4. The number of carbonyl (C=O) groups excluding carboxylic acids is 1. The fraction of sp³-hybridized carbons (Fsp3) is 0.250. The zero-order valence-corrected chi connectivity index (χ0v) is 13.4. The summed E-state index contributed by atoms with van der Waals surface area (Å²) in [5, 5.41) is 4.29. The summed E-state index contributed by atoms with van der Waals surface area (Å²) in [5.74, 6) is -0.0247. The van der Waals surface area contributed by atoms with E-state index in [2.05, 4.69) is 10.3 Å². The molecule has 0 radical (unpaired) electrons. The predicted molar refractivity (Wildman–Crippen MR) is 89.1 cm³/mol. The Kier molecular flexibility index (Phi) is 4.50. The Morgan fingerprint density at radius 1 is 1.14 bits per heavy atom. The second-order valence-corrected chi connectivity index (χ2v) is 6.02. The quantitative estimate of drug-likeness (QED) is 0.905. The van der Waals surface area contributed by atoms with Gasteiger partial charge in [0.1, 0.15) is 5.69 Å². The first-order valence-corrected chi connectivity index (χ1v) is 7.86. The molecule has 1 N–H and O–H groups in total. The molecule has 22 heavy (non-hydrogen) atoms. The fourth-order valence-electron chi connectivity index (χ4n) is 2.45. The number of hydrogen-bond donors (Lipinski definition) is 1. The molecular weight excluding hydrogens is 321 g/mol. The Morgan fingerprint density at radius 3 is 2.64 bits per heavy atom. The summed E-state index contributed by atoms with van der Waals surface area (Å²) in [7, 11) is 0. The zero-order valence-electron chi connectivity index (χ0n) is 11.9. The lowest BCUT2D eigenvalue weighted by Gasteiger charge is -2.15. The smallest absolute Gasteiger partial charge is 0.272 e. The zero-order chi connectivity index (χ0) is 15.5. The third-order valence-corrected chi connectivity index (χ3v) is 4.13. The molecule has 6 heteroatoms. The fourth-order valence-corrected chi connectivity index (χ4v) is 2.91. The van der Waals surface area contributed by atoms with Gasteiger partial charge in [0.15, 0.2) is 0 Å². The van der Waals surface area contributed by atoms with E-state index in [0.29, 0.717) is 15.7 Å². The summed E-state index contributed by atoms with van der Waals surface area (Å²) >= 11 is 12.0. The highest BCUT2D eigenvalue weighted by atomic mass is 35.5. The summed E-state index contributed by atoms with van der Waals surface area (Å²) in [5.41, 5.74) is 1.94. The van der Waals surface area contributed by atoms with Crippen LogP contribution in [0.3, 0.4) is 0 Å². The molecule has 3 rings (SSSR count). The number of benzene rings is 1. The molecule has 0 aliphatic carbocycles. The topological polar surface area (TPSA) is 45.2 Å². The minimum atomic E-state index is -0.0247. The first kappa shape index (κ1) is 15.1. The van der Waals surface area contributed by atoms with Crippen LogP contribution < -0.4 is 5.32 Å². The highest BCUT2D eigenvalue weighted by Gasteiger charge is 2.20. The molecule has 1 fully saturated rings. The van der Waals surface area contributed by atoms with Crippen molar-refractivity contribution in [2.24, 2.45) is 0 Å². The molecule has 114 valence electrons. The van der Waals surface area contributed by atoms with Crippen LogP contribution in [0.2, 0.25) is 10.0 Å². The average molecular weight is 336 g/mol. The maximum Gasteiger partial charge on any atom is 0.272 e. The lowest BCUT2D eigenvalue weighted by atomic mass is 10.2. The van der Waals surface area contributed by atoms with Crippen molar-refractivity contribution in [3.8, 4) is 0 Å². The van der Waals surface area contributed by atoms with E-state index in [0.717, 1.165) is 37.3 Å². The number of pyridine rings is 1. The summed E-state index contributed by atoms with van der Waals surface area (Å²) in [4.78, 5) is 18.4. The van der Waals surface area contributed by atoms with E-state index < -0.39 is 0 Å². The number of rotatable bonds is 3. The standard InChI is InChI=1S/C16H15Cl2N3O/c17-11-3-4-14(13(18)9-11)20-12-5-6-19-15(10-12)16(22)21-7-1-2-8-21/h3-6,9-10H,1-2,7-8H2,(H,19,20). The van der Waals surface area contributed by atoms with Crippen LogP contribution >= 0.6 is 23.2 Å². The molecule has 1 aliphatic rings. The molecular formula is C16H15Cl2N3O. The maximum absolute atomic E-state index is 12.4. The number of likely N-dealkylation sites (tertiary alicyclic amines) is 1. The van der Waals surface area contributed by atoms with Crippen LogP contribution in [0, 0.1) is 0 Å². The van der Waals surface area contributed by atoms with Crippen LogP contribution in [0.5, 0.6) is 0 Å². The van der Waals surface area contributed by atoms with Crippen molar-refractivity contribution in [1.82, 2.24) is 9.88 Å². The lowest BCUT2D eigenvalue weighted by Crippen LogP contribution is -2.28. The van der Waals surface area contributed by atoms with Crippen LogP contribution in [-0.2, 0) is 0 Å². The summed E-state index contributed by atoms with van der Waals surface area (Å²) in [6.07, 6.45) is 3.74. The van der Waals surface area contributed by atoms with Crippen molar-refractivity contribution in [3.63, 3.8) is 0 Å². The van der Waals surface area contributed by atoms with E-state index in [4.69, 9.17) is 23.2 Å². The van der Waals surface area contributed by atoms with Gasteiger partial charge in [0.2, 0.25) is 0 Å². The van der Waals surface area contributed by atoms with Crippen molar-refractivity contribution in [2.45, 2.75) is 12.8 Å². The van der Waals surface area contributed by atoms with Gasteiger partial charge in [0.05, 0.1) is 10.7 Å². The average Bonchev–Trinajstić information content (AvgIpc) is 3.04. The molecule has 2 heterocycles. The van der Waals surface area contributed by atoms with Crippen molar-refractivity contribution < 1.29 is 4.79 Å². The molecule has 1 saturated heterocycles. The number of anilines is 2. The molecule has 0 atom stereocenters. The van der Waals surface area contributed by atoms with Crippen molar-refractivity contribution in [3.05, 3.63) is 52.3 Å². The van der Waals surface area contributed by atoms with Crippen LogP contribution in [0.15, 0.2) is 36.5 Å². The third-order valence-electron chi connectivity index (χ3n) is 3.58. The number of halogens is 2. The van der Waals surface area contributed by atoms with E-state index in [1.807, 2.05) is 4.90 Å². The molecule has 1 aliphatic heterocycles. The minimum Gasteiger partial charge on any atom is -0.354 e. The second kappa shape index (κ2) is 6.55. The Hall–Kier alpha value is -1.78. The largest absolute Gasteiger partial charge is 0.354 e. The van der Waals surface area contributed by atoms with E-state index in [1.165, 1.54) is 0 Å². The number of amides is 1. The molecule has 0 unspecified atom stereocenters. The Labute approximate surface area is 139 Å². The first-order valence-electron chi connectivity index (χ1n) is 7.11. The second-order valence-electron chi connectivity index (χ2n) is 5.18. The van der Waals surface area contributed by atoms with Gasteiger partial charge < -0.3 is 10.2 Å². The van der Waals surface area contributed by atoms with Gasteiger partial charge in [-0.05, 0) is 43.2 Å². The molecule has 1 amide bonds. The Morgan fingerprint density at radius 2 is 1.91 bits per heavy atom. The number of nitrogens with zero attached hydrogens (tertiary/aromatic N) is 2. The van der Waals surface area contributed by atoms with Crippen molar-refractivity contribution >= 4 is 40.5 Å². The molecule has 0 saturated carbocycles. The Balaban J connectivity index is 1.80. The van der Waals surface area contributed by atoms with Crippen LogP contribution in [0.1, 0.15) is 23.3 Å².